The van der Waals surface area contributed by atoms with Crippen molar-refractivity contribution in [3.05, 3.63) is 65.2 Å². The molecule has 0 saturated carbocycles. The lowest BCUT2D eigenvalue weighted by atomic mass is 9.85. The van der Waals surface area contributed by atoms with Gasteiger partial charge in [0.05, 0.1) is 0 Å². The van der Waals surface area contributed by atoms with E-state index in [9.17, 15) is 13.6 Å². The van der Waals surface area contributed by atoms with Crippen LogP contribution in [0.25, 0.3) is 0 Å². The van der Waals surface area contributed by atoms with Crippen molar-refractivity contribution in [2.75, 3.05) is 19.3 Å². The second-order valence-corrected chi connectivity index (χ2v) is 6.96. The number of hydrogen-bond acceptors (Lipinski definition) is 3. The second-order valence-electron chi connectivity index (χ2n) is 6.08. The van der Waals surface area contributed by atoms with Crippen LogP contribution in [-0.2, 0) is 0 Å². The van der Waals surface area contributed by atoms with Gasteiger partial charge in [-0.2, -0.15) is 0 Å². The predicted molar refractivity (Wildman–Crippen MR) is 103 cm³/mol. The molecule has 0 radical (unpaired) electrons. The summed E-state index contributed by atoms with van der Waals surface area (Å²) >= 11 is 1.62. The molecule has 0 aliphatic carbocycles. The van der Waals surface area contributed by atoms with Crippen LogP contribution in [0.2, 0.25) is 0 Å². The van der Waals surface area contributed by atoms with Crippen LogP contribution < -0.4 is 10.6 Å². The van der Waals surface area contributed by atoms with Gasteiger partial charge < -0.3 is 10.6 Å². The summed E-state index contributed by atoms with van der Waals surface area (Å²) in [6.45, 7) is 1.37. The fourth-order valence-electron chi connectivity index (χ4n) is 3.15. The molecule has 1 fully saturated rings. The van der Waals surface area contributed by atoms with Crippen molar-refractivity contribution in [1.82, 2.24) is 10.6 Å². The highest BCUT2D eigenvalue weighted by atomic mass is 35.5. The van der Waals surface area contributed by atoms with E-state index in [1.54, 1.807) is 30.0 Å². The normalized spacial score (nSPS) is 19.5. The minimum Gasteiger partial charge on any atom is -0.347 e. The van der Waals surface area contributed by atoms with Crippen LogP contribution in [0.15, 0.2) is 47.4 Å². The Morgan fingerprint density at radius 2 is 1.88 bits per heavy atom. The van der Waals surface area contributed by atoms with Crippen LogP contribution in [0.5, 0.6) is 0 Å². The number of halogens is 3. The number of benzene rings is 2. The van der Waals surface area contributed by atoms with Crippen LogP contribution in [-0.4, -0.2) is 31.3 Å². The summed E-state index contributed by atoms with van der Waals surface area (Å²) in [5, 5.41) is 6.28. The molecule has 1 heterocycles. The van der Waals surface area contributed by atoms with Crippen molar-refractivity contribution in [3.8, 4) is 0 Å². The molecule has 2 N–H and O–H groups in total. The SMILES string of the molecule is CSc1ccc(C(=O)NC2CNCCC2c2ccc(F)c(F)c2)cc1.Cl. The van der Waals surface area contributed by atoms with E-state index < -0.39 is 11.6 Å². The van der Waals surface area contributed by atoms with Crippen molar-refractivity contribution in [2.45, 2.75) is 23.3 Å². The molecule has 3 nitrogen and oxygen atoms in total. The molecular formula is C19H21ClF2N2OS. The molecule has 0 bridgehead atoms. The summed E-state index contributed by atoms with van der Waals surface area (Å²) in [4.78, 5) is 13.6. The zero-order valence-electron chi connectivity index (χ0n) is 14.3. The van der Waals surface area contributed by atoms with Crippen LogP contribution in [0.4, 0.5) is 8.78 Å². The summed E-state index contributed by atoms with van der Waals surface area (Å²) < 4.78 is 26.8. The van der Waals surface area contributed by atoms with E-state index in [2.05, 4.69) is 10.6 Å². The Hall–Kier alpha value is -1.63. The Morgan fingerprint density at radius 1 is 1.15 bits per heavy atom. The van der Waals surface area contributed by atoms with Gasteiger partial charge in [-0.1, -0.05) is 6.07 Å². The van der Waals surface area contributed by atoms with Crippen molar-refractivity contribution >= 4 is 30.1 Å². The summed E-state index contributed by atoms with van der Waals surface area (Å²) in [5.41, 5.74) is 1.30. The molecule has 0 spiro atoms. The third kappa shape index (κ3) is 4.75. The fourth-order valence-corrected chi connectivity index (χ4v) is 3.55. The van der Waals surface area contributed by atoms with Crippen molar-refractivity contribution < 1.29 is 13.6 Å². The van der Waals surface area contributed by atoms with Gasteiger partial charge in [-0.05, 0) is 61.2 Å². The lowest BCUT2D eigenvalue weighted by molar-refractivity contribution is 0.0924. The number of hydrogen-bond donors (Lipinski definition) is 2. The quantitative estimate of drug-likeness (QED) is 0.765. The zero-order valence-corrected chi connectivity index (χ0v) is 15.9. The summed E-state index contributed by atoms with van der Waals surface area (Å²) in [6.07, 6.45) is 2.73. The predicted octanol–water partition coefficient (Wildman–Crippen LogP) is 3.98. The smallest absolute Gasteiger partial charge is 0.251 e. The number of carbonyl (C=O) groups excluding carboxylic acids is 1. The molecule has 1 amide bonds. The van der Waals surface area contributed by atoms with Crippen LogP contribution in [0, 0.1) is 11.6 Å². The van der Waals surface area contributed by atoms with E-state index in [1.807, 2.05) is 18.4 Å². The van der Waals surface area contributed by atoms with E-state index in [1.165, 1.54) is 6.07 Å². The number of carbonyl (C=O) groups is 1. The Bertz CT molecular complexity index is 758. The highest BCUT2D eigenvalue weighted by Gasteiger charge is 2.28. The molecule has 2 unspecified atom stereocenters. The monoisotopic (exact) mass is 398 g/mol. The van der Waals surface area contributed by atoms with Crippen LogP contribution in [0.3, 0.4) is 0 Å². The van der Waals surface area contributed by atoms with E-state index in [-0.39, 0.29) is 30.3 Å². The van der Waals surface area contributed by atoms with Gasteiger partial charge in [0.15, 0.2) is 11.6 Å². The molecule has 2 atom stereocenters. The first-order valence-electron chi connectivity index (χ1n) is 8.19. The Labute approximate surface area is 162 Å². The van der Waals surface area contributed by atoms with E-state index in [0.29, 0.717) is 17.7 Å². The van der Waals surface area contributed by atoms with Crippen LogP contribution in [0.1, 0.15) is 28.3 Å². The Kier molecular flexibility index (Phi) is 7.43. The number of thioether (sulfide) groups is 1. The molecule has 3 rings (SSSR count). The zero-order chi connectivity index (χ0) is 17.8. The number of nitrogens with one attached hydrogen (secondary N) is 2. The van der Waals surface area contributed by atoms with Crippen LogP contribution >= 0.6 is 24.2 Å². The maximum Gasteiger partial charge on any atom is 0.251 e. The van der Waals surface area contributed by atoms with Crippen molar-refractivity contribution in [2.24, 2.45) is 0 Å². The molecule has 26 heavy (non-hydrogen) atoms. The minimum atomic E-state index is -0.854. The second kappa shape index (κ2) is 9.35. The lowest BCUT2D eigenvalue weighted by Gasteiger charge is -2.33. The highest BCUT2D eigenvalue weighted by molar-refractivity contribution is 7.98. The molecule has 140 valence electrons. The lowest BCUT2D eigenvalue weighted by Crippen LogP contribution is -2.50. The molecule has 2 aromatic carbocycles. The molecule has 2 aromatic rings. The van der Waals surface area contributed by atoms with Gasteiger partial charge in [0.1, 0.15) is 0 Å². The molecule has 0 aromatic heterocycles. The largest absolute Gasteiger partial charge is 0.347 e. The summed E-state index contributed by atoms with van der Waals surface area (Å²) in [6, 6.07) is 11.2. The molecular weight excluding hydrogens is 378 g/mol. The Morgan fingerprint density at radius 3 is 2.54 bits per heavy atom. The van der Waals surface area contributed by atoms with Gasteiger partial charge in [0.2, 0.25) is 0 Å². The molecule has 1 aliphatic heterocycles. The van der Waals surface area contributed by atoms with E-state index in [4.69, 9.17) is 0 Å². The number of rotatable bonds is 4. The first-order valence-corrected chi connectivity index (χ1v) is 9.41. The highest BCUT2D eigenvalue weighted by Crippen LogP contribution is 2.27. The molecule has 1 aliphatic rings. The summed E-state index contributed by atoms with van der Waals surface area (Å²) in [5.74, 6) is -1.92. The van der Waals surface area contributed by atoms with Gasteiger partial charge in [0, 0.05) is 29.0 Å². The first kappa shape index (κ1) is 20.7. The van der Waals surface area contributed by atoms with Crippen molar-refractivity contribution in [1.29, 1.82) is 0 Å². The number of amides is 1. The van der Waals surface area contributed by atoms with Gasteiger partial charge in [-0.3, -0.25) is 4.79 Å². The third-order valence-electron chi connectivity index (χ3n) is 4.52. The van der Waals surface area contributed by atoms with Gasteiger partial charge in [-0.25, -0.2) is 8.78 Å². The topological polar surface area (TPSA) is 41.1 Å². The van der Waals surface area contributed by atoms with Gasteiger partial charge >= 0.3 is 0 Å². The maximum atomic E-state index is 13.6. The van der Waals surface area contributed by atoms with Gasteiger partial charge in [0.25, 0.3) is 5.91 Å². The van der Waals surface area contributed by atoms with Crippen molar-refractivity contribution in [3.63, 3.8) is 0 Å². The number of piperidine rings is 1. The standard InChI is InChI=1S/C19H20F2N2OS.ClH/c1-25-14-5-2-12(3-6-14)19(24)23-18-11-22-9-8-15(18)13-4-7-16(20)17(21)10-13;/h2-7,10,15,18,22H,8-9,11H2,1H3,(H,23,24);1H. The van der Waals surface area contributed by atoms with E-state index in [0.717, 1.165) is 23.9 Å². The summed E-state index contributed by atoms with van der Waals surface area (Å²) in [7, 11) is 0. The van der Waals surface area contributed by atoms with E-state index >= 15 is 0 Å². The minimum absolute atomic E-state index is 0. The first-order chi connectivity index (χ1) is 12.1. The maximum absolute atomic E-state index is 13.6. The molecule has 7 heteroatoms. The fraction of sp³-hybridized carbons (Fsp3) is 0.316. The van der Waals surface area contributed by atoms with Gasteiger partial charge in [-0.15, -0.1) is 24.2 Å². The average Bonchev–Trinajstić information content (AvgIpc) is 2.64. The molecule has 1 saturated heterocycles. The Balaban J connectivity index is 0.00000243. The average molecular weight is 399 g/mol. The third-order valence-corrected chi connectivity index (χ3v) is 5.27.